The fraction of sp³-hybridized carbons (Fsp3) is 0.429. The Morgan fingerprint density at radius 2 is 1.88 bits per heavy atom. The highest BCUT2D eigenvalue weighted by atomic mass is 35.5. The van der Waals surface area contributed by atoms with Gasteiger partial charge in [0.05, 0.1) is 17.6 Å². The van der Waals surface area contributed by atoms with E-state index in [-0.39, 0.29) is 36.1 Å². The van der Waals surface area contributed by atoms with Gasteiger partial charge in [-0.2, -0.15) is 13.2 Å². The molecule has 3 N–H and O–H groups in total. The number of carbonyl (C=O) groups excluding carboxylic acids is 2. The molecule has 0 saturated carbocycles. The maximum atomic E-state index is 14.5. The van der Waals surface area contributed by atoms with Gasteiger partial charge in [-0.05, 0) is 81.4 Å². The molecule has 222 valence electrons. The van der Waals surface area contributed by atoms with E-state index < -0.39 is 52.1 Å². The van der Waals surface area contributed by atoms with E-state index in [2.05, 4.69) is 10.6 Å². The molecule has 13 heteroatoms. The molecule has 0 radical (unpaired) electrons. The zero-order valence-electron chi connectivity index (χ0n) is 22.2. The van der Waals surface area contributed by atoms with Crippen LogP contribution < -0.4 is 10.6 Å². The van der Waals surface area contributed by atoms with Crippen molar-refractivity contribution >= 4 is 29.9 Å². The van der Waals surface area contributed by atoms with Crippen LogP contribution in [0.1, 0.15) is 55.2 Å². The number of hydrogen-bond acceptors (Lipinski definition) is 5. The molecule has 0 aromatic heterocycles. The molecule has 3 aliphatic rings. The number of amides is 2. The average molecular weight is 601 g/mol. The number of halogens is 6. The van der Waals surface area contributed by atoms with Crippen LogP contribution in [0.4, 0.5) is 27.6 Å². The van der Waals surface area contributed by atoms with E-state index in [4.69, 9.17) is 0 Å². The molecule has 2 fully saturated rings. The van der Waals surface area contributed by atoms with Crippen molar-refractivity contribution in [3.63, 3.8) is 0 Å². The van der Waals surface area contributed by atoms with Crippen LogP contribution in [-0.4, -0.2) is 52.1 Å². The summed E-state index contributed by atoms with van der Waals surface area (Å²) in [6, 6.07) is 6.61. The summed E-state index contributed by atoms with van der Waals surface area (Å²) in [6.07, 6.45) is -2.54. The Kier molecular flexibility index (Phi) is 8.68. The third-order valence-corrected chi connectivity index (χ3v) is 8.07. The van der Waals surface area contributed by atoms with Crippen LogP contribution >= 0.6 is 12.4 Å². The first-order valence-corrected chi connectivity index (χ1v) is 13.1. The number of piperidine rings is 1. The van der Waals surface area contributed by atoms with Gasteiger partial charge in [-0.15, -0.1) is 12.4 Å². The summed E-state index contributed by atoms with van der Waals surface area (Å²) in [6.45, 7) is 2.78. The molecular formula is C28H30ClF5N4O3. The maximum absolute atomic E-state index is 14.5. The van der Waals surface area contributed by atoms with Crippen molar-refractivity contribution in [3.05, 3.63) is 76.1 Å². The molecule has 3 aliphatic heterocycles. The minimum Gasteiger partial charge on any atom is -0.509 e. The summed E-state index contributed by atoms with van der Waals surface area (Å²) >= 11 is 0. The lowest BCUT2D eigenvalue weighted by Crippen LogP contribution is -2.60. The summed E-state index contributed by atoms with van der Waals surface area (Å²) in [5, 5.41) is 19.6. The predicted octanol–water partition coefficient (Wildman–Crippen LogP) is 5.43. The van der Waals surface area contributed by atoms with Crippen LogP contribution in [0.15, 0.2) is 47.7 Å². The molecule has 3 heterocycles. The lowest BCUT2D eigenvalue weighted by atomic mass is 9.87. The van der Waals surface area contributed by atoms with Gasteiger partial charge in [0, 0.05) is 17.8 Å². The van der Waals surface area contributed by atoms with Crippen molar-refractivity contribution < 1.29 is 36.6 Å². The number of anilines is 1. The molecule has 2 aromatic carbocycles. The summed E-state index contributed by atoms with van der Waals surface area (Å²) in [5.41, 5.74) is -2.32. The summed E-state index contributed by atoms with van der Waals surface area (Å²) in [4.78, 5) is 27.2. The maximum Gasteiger partial charge on any atom is 0.416 e. The van der Waals surface area contributed by atoms with Crippen LogP contribution in [-0.2, 0) is 22.3 Å². The topological polar surface area (TPSA) is 84.9 Å². The Morgan fingerprint density at radius 1 is 1.17 bits per heavy atom. The number of nitrogens with zero attached hydrogens (tertiary/aromatic N) is 2. The van der Waals surface area contributed by atoms with E-state index in [9.17, 15) is 36.6 Å². The Bertz CT molecular complexity index is 1380. The standard InChI is InChI=1S/C28H29F5N4O3.ClH/c1-27-10-3-13-37(27)36(15-17-4-2-5-20(29)23(17)30)26(40)22(24(27)38)25(39)35-21-7-6-18(28(31,32)33)14-19(21)16-8-11-34-12-9-16;/h2,4-7,14,16,34,38H,3,8-13,15H2,1H3,(H,35,39);1H. The zero-order chi connectivity index (χ0) is 28.8. The SMILES string of the molecule is CC12CCCN1N(Cc1cccc(F)c1F)C(=O)C(C(=O)Nc1ccc(C(F)(F)F)cc1C1CCNCC1)=C2O.Cl. The highest BCUT2D eigenvalue weighted by Crippen LogP contribution is 2.43. The van der Waals surface area contributed by atoms with Crippen LogP contribution in [0.5, 0.6) is 0 Å². The third-order valence-electron chi connectivity index (χ3n) is 8.07. The number of aliphatic hydroxyl groups excluding tert-OH is 1. The van der Waals surface area contributed by atoms with Gasteiger partial charge in [0.15, 0.2) is 11.6 Å². The van der Waals surface area contributed by atoms with Gasteiger partial charge >= 0.3 is 6.18 Å². The molecule has 0 aliphatic carbocycles. The fourth-order valence-corrected chi connectivity index (χ4v) is 5.89. The van der Waals surface area contributed by atoms with E-state index in [0.717, 1.165) is 29.3 Å². The van der Waals surface area contributed by atoms with Gasteiger partial charge in [0.25, 0.3) is 11.8 Å². The Balaban J connectivity index is 0.00000387. The Morgan fingerprint density at radius 3 is 2.56 bits per heavy atom. The second kappa shape index (κ2) is 11.6. The number of fused-ring (bicyclic) bond motifs is 1. The Hall–Kier alpha value is -3.22. The summed E-state index contributed by atoms with van der Waals surface area (Å²) < 4.78 is 69.0. The van der Waals surface area contributed by atoms with Crippen molar-refractivity contribution in [3.8, 4) is 0 Å². The Labute approximate surface area is 239 Å². The second-order valence-corrected chi connectivity index (χ2v) is 10.6. The molecule has 1 unspecified atom stereocenters. The van der Waals surface area contributed by atoms with Crippen molar-refractivity contribution in [2.45, 2.75) is 56.8 Å². The van der Waals surface area contributed by atoms with Crippen LogP contribution in [0.3, 0.4) is 0 Å². The van der Waals surface area contributed by atoms with Crippen molar-refractivity contribution in [2.24, 2.45) is 0 Å². The van der Waals surface area contributed by atoms with Gasteiger partial charge in [-0.25, -0.2) is 13.8 Å². The molecule has 0 bridgehead atoms. The van der Waals surface area contributed by atoms with Crippen molar-refractivity contribution in [2.75, 3.05) is 25.0 Å². The largest absolute Gasteiger partial charge is 0.509 e. The fourth-order valence-electron chi connectivity index (χ4n) is 5.89. The first-order chi connectivity index (χ1) is 18.9. The predicted molar refractivity (Wildman–Crippen MR) is 143 cm³/mol. The minimum atomic E-state index is -4.59. The second-order valence-electron chi connectivity index (χ2n) is 10.6. The summed E-state index contributed by atoms with van der Waals surface area (Å²) in [7, 11) is 0. The summed E-state index contributed by atoms with van der Waals surface area (Å²) in [5.74, 6) is -4.87. The van der Waals surface area contributed by atoms with Gasteiger partial charge in [0.2, 0.25) is 0 Å². The quantitative estimate of drug-likeness (QED) is 0.315. The number of benzene rings is 2. The molecule has 2 amide bonds. The number of hydrogen-bond donors (Lipinski definition) is 3. The van der Waals surface area contributed by atoms with E-state index in [1.807, 2.05) is 0 Å². The molecule has 2 saturated heterocycles. The molecule has 0 spiro atoms. The number of hydrazine groups is 1. The number of nitrogens with one attached hydrogen (secondary N) is 2. The minimum absolute atomic E-state index is 0. The normalized spacial score (nSPS) is 22.0. The van der Waals surface area contributed by atoms with E-state index in [1.54, 1.807) is 11.9 Å². The first kappa shape index (κ1) is 30.7. The van der Waals surface area contributed by atoms with Gasteiger partial charge in [-0.1, -0.05) is 12.1 Å². The van der Waals surface area contributed by atoms with E-state index in [1.165, 1.54) is 12.1 Å². The molecule has 2 aromatic rings. The van der Waals surface area contributed by atoms with Crippen LogP contribution in [0, 0.1) is 11.6 Å². The van der Waals surface area contributed by atoms with E-state index in [0.29, 0.717) is 50.9 Å². The first-order valence-electron chi connectivity index (χ1n) is 13.1. The smallest absolute Gasteiger partial charge is 0.416 e. The molecular weight excluding hydrogens is 571 g/mol. The van der Waals surface area contributed by atoms with E-state index >= 15 is 0 Å². The molecule has 5 rings (SSSR count). The molecule has 7 nitrogen and oxygen atoms in total. The van der Waals surface area contributed by atoms with Crippen LogP contribution in [0.25, 0.3) is 0 Å². The molecule has 1 atom stereocenters. The molecule has 41 heavy (non-hydrogen) atoms. The highest BCUT2D eigenvalue weighted by molar-refractivity contribution is 6.23. The van der Waals surface area contributed by atoms with Gasteiger partial charge in [0.1, 0.15) is 11.3 Å². The van der Waals surface area contributed by atoms with Crippen molar-refractivity contribution in [1.29, 1.82) is 0 Å². The monoisotopic (exact) mass is 600 g/mol. The van der Waals surface area contributed by atoms with Crippen LogP contribution in [0.2, 0.25) is 0 Å². The van der Waals surface area contributed by atoms with Gasteiger partial charge < -0.3 is 15.7 Å². The number of aliphatic hydroxyl groups is 1. The lowest BCUT2D eigenvalue weighted by Gasteiger charge is -2.46. The number of alkyl halides is 3. The number of rotatable bonds is 5. The highest BCUT2D eigenvalue weighted by Gasteiger charge is 2.52. The van der Waals surface area contributed by atoms with Gasteiger partial charge in [-0.3, -0.25) is 14.6 Å². The zero-order valence-corrected chi connectivity index (χ0v) is 23.0. The average Bonchev–Trinajstić information content (AvgIpc) is 3.32. The third kappa shape index (κ3) is 5.64. The van der Waals surface area contributed by atoms with Crippen molar-refractivity contribution in [1.82, 2.24) is 15.3 Å². The lowest BCUT2D eigenvalue weighted by molar-refractivity contribution is -0.160. The number of carbonyl (C=O) groups is 2.